The summed E-state index contributed by atoms with van der Waals surface area (Å²) in [4.78, 5) is 45.8. The zero-order valence-electron chi connectivity index (χ0n) is 34.9. The molecule has 0 fully saturated rings. The molecule has 0 aliphatic carbocycles. The molecule has 2 aliphatic heterocycles. The average Bonchev–Trinajstić information content (AvgIpc) is 3.89. The number of nitrogens with zero attached hydrogens (tertiary/aromatic N) is 3. The molecule has 9 nitrogen and oxygen atoms in total. The number of H-pyrrole nitrogens is 2. The second-order valence-corrected chi connectivity index (χ2v) is 15.0. The van der Waals surface area contributed by atoms with Crippen LogP contribution >= 0.6 is 0 Å². The maximum atomic E-state index is 12.5. The van der Waals surface area contributed by atoms with Crippen molar-refractivity contribution in [2.24, 2.45) is 0 Å². The minimum absolute atomic E-state index is 0.251. The van der Waals surface area contributed by atoms with E-state index >= 15 is 0 Å². The number of fused-ring (bicyclic) bond motifs is 8. The predicted molar refractivity (Wildman–Crippen MR) is 229 cm³/mol. The Kier molecular flexibility index (Phi) is 12.4. The third-order valence-electron chi connectivity index (χ3n) is 11.4. The van der Waals surface area contributed by atoms with Crippen LogP contribution in [-0.2, 0) is 38.4 Å². The van der Waals surface area contributed by atoms with E-state index in [9.17, 15) is 9.59 Å². The molecule has 4 aromatic rings. The maximum absolute atomic E-state index is 12.5. The molecule has 2 aliphatic rings. The van der Waals surface area contributed by atoms with Gasteiger partial charge in [-0.05, 0) is 140 Å². The minimum Gasteiger partial charge on any atom is -0.469 e. The summed E-state index contributed by atoms with van der Waals surface area (Å²) >= 11 is 0. The smallest absolute Gasteiger partial charge is 0.305 e. The van der Waals surface area contributed by atoms with Crippen LogP contribution in [0, 0.1) is 13.8 Å². The van der Waals surface area contributed by atoms with Gasteiger partial charge in [0.2, 0.25) is 0 Å². The molecule has 0 unspecified atom stereocenters. The highest BCUT2D eigenvalue weighted by atomic mass is 16.5. The number of aromatic nitrogens is 4. The van der Waals surface area contributed by atoms with E-state index in [2.05, 4.69) is 113 Å². The van der Waals surface area contributed by atoms with Crippen molar-refractivity contribution in [3.63, 3.8) is 0 Å². The number of allylic oxidation sites excluding steroid dienone is 4. The van der Waals surface area contributed by atoms with E-state index in [1.165, 1.54) is 42.1 Å². The van der Waals surface area contributed by atoms with Crippen molar-refractivity contribution in [2.75, 3.05) is 28.3 Å². The Morgan fingerprint density at radius 1 is 0.643 bits per heavy atom. The molecule has 0 saturated heterocycles. The molecule has 8 bridgehead atoms. The Morgan fingerprint density at radius 3 is 1.50 bits per heavy atom. The number of hydrogen-bond donors (Lipinski definition) is 2. The first kappa shape index (κ1) is 40.4. The Hall–Kier alpha value is -5.28. The van der Waals surface area contributed by atoms with Crippen molar-refractivity contribution in [1.29, 1.82) is 0 Å². The fourth-order valence-corrected chi connectivity index (χ4v) is 8.53. The van der Waals surface area contributed by atoms with Gasteiger partial charge in [-0.3, -0.25) is 9.59 Å². The molecule has 0 radical (unpaired) electrons. The molecule has 0 spiro atoms. The van der Waals surface area contributed by atoms with Crippen LogP contribution in [0.25, 0.3) is 55.5 Å². The Morgan fingerprint density at radius 2 is 1.09 bits per heavy atom. The molecule has 9 heteroatoms. The number of methoxy groups -OCH3 is 2. The summed E-state index contributed by atoms with van der Waals surface area (Å²) in [6.45, 7) is 13.9. The van der Waals surface area contributed by atoms with Gasteiger partial charge in [0.1, 0.15) is 0 Å². The molecule has 0 saturated carbocycles. The lowest BCUT2D eigenvalue weighted by molar-refractivity contribution is -0.141. The summed E-state index contributed by atoms with van der Waals surface area (Å²) < 4.78 is 10.1. The van der Waals surface area contributed by atoms with Crippen molar-refractivity contribution in [1.82, 2.24) is 24.8 Å². The monoisotopic (exact) mass is 755 g/mol. The van der Waals surface area contributed by atoms with E-state index in [1.54, 1.807) is 0 Å². The lowest BCUT2D eigenvalue weighted by atomic mass is 9.88. The molecule has 56 heavy (non-hydrogen) atoms. The molecule has 1 aromatic carbocycles. The van der Waals surface area contributed by atoms with E-state index in [0.717, 1.165) is 110 Å². The van der Waals surface area contributed by atoms with E-state index in [0.29, 0.717) is 12.8 Å². The van der Waals surface area contributed by atoms with E-state index in [-0.39, 0.29) is 24.8 Å². The third kappa shape index (κ3) is 7.74. The maximum Gasteiger partial charge on any atom is 0.305 e. The molecule has 6 rings (SSSR count). The van der Waals surface area contributed by atoms with Crippen molar-refractivity contribution in [3.05, 3.63) is 93.1 Å². The van der Waals surface area contributed by atoms with Gasteiger partial charge in [0.15, 0.2) is 0 Å². The van der Waals surface area contributed by atoms with Crippen molar-refractivity contribution >= 4 is 56.3 Å². The summed E-state index contributed by atoms with van der Waals surface area (Å²) in [6, 6.07) is 15.2. The van der Waals surface area contributed by atoms with Crippen LogP contribution in [0.3, 0.4) is 0 Å². The van der Waals surface area contributed by atoms with Gasteiger partial charge in [-0.2, -0.15) is 0 Å². The third-order valence-corrected chi connectivity index (χ3v) is 11.4. The Labute approximate surface area is 331 Å². The fraction of sp³-hybridized carbons (Fsp3) is 0.404. The molecular formula is C47H57N5O4. The van der Waals surface area contributed by atoms with Crippen LogP contribution in [0.15, 0.2) is 42.5 Å². The number of rotatable bonds is 13. The summed E-state index contributed by atoms with van der Waals surface area (Å²) in [5.41, 5.74) is 20.1. The predicted octanol–water partition coefficient (Wildman–Crippen LogP) is 10.3. The van der Waals surface area contributed by atoms with Gasteiger partial charge in [-0.15, -0.1) is 0 Å². The number of aromatic amines is 2. The summed E-state index contributed by atoms with van der Waals surface area (Å²) in [5, 5.41) is 0. The lowest BCUT2D eigenvalue weighted by Gasteiger charge is -2.18. The Balaban J connectivity index is 1.86. The first-order chi connectivity index (χ1) is 27.0. The van der Waals surface area contributed by atoms with Gasteiger partial charge in [0.25, 0.3) is 0 Å². The zero-order chi connectivity index (χ0) is 40.3. The normalized spacial score (nSPS) is 12.9. The SMILES string of the molecule is CCC1=C(CC)c2nc1cc1[nH]c(cc3[nH]c(cc4nc(c2-c2ccccc2CN(C)C)C(CC)=C4CC)c(C)c3CCC(=O)OC)c(CCC(=O)OC)c1C. The average molecular weight is 756 g/mol. The van der Waals surface area contributed by atoms with Crippen LogP contribution in [0.2, 0.25) is 0 Å². The number of benzene rings is 1. The van der Waals surface area contributed by atoms with Crippen molar-refractivity contribution in [2.45, 2.75) is 99.5 Å². The highest BCUT2D eigenvalue weighted by Gasteiger charge is 2.29. The summed E-state index contributed by atoms with van der Waals surface area (Å²) in [7, 11) is 7.07. The lowest BCUT2D eigenvalue weighted by Crippen LogP contribution is -2.12. The molecule has 3 aromatic heterocycles. The Bertz CT molecular complexity index is 2270. The summed E-state index contributed by atoms with van der Waals surface area (Å²) in [6.07, 6.45) is 4.81. The largest absolute Gasteiger partial charge is 0.469 e. The first-order valence-corrected chi connectivity index (χ1v) is 20.1. The van der Waals surface area contributed by atoms with E-state index in [4.69, 9.17) is 19.4 Å². The molecule has 294 valence electrons. The first-order valence-electron chi connectivity index (χ1n) is 20.1. The number of carbonyl (C=O) groups is 2. The van der Waals surface area contributed by atoms with Crippen LogP contribution in [0.1, 0.15) is 117 Å². The number of carbonyl (C=O) groups excluding carboxylic acids is 2. The topological polar surface area (TPSA) is 113 Å². The summed E-state index contributed by atoms with van der Waals surface area (Å²) in [5.74, 6) is -0.514. The van der Waals surface area contributed by atoms with Gasteiger partial charge >= 0.3 is 11.9 Å². The molecule has 0 atom stereocenters. The standard InChI is InChI=1S/C47H57N5O4/c1-11-30-32(13-3)46-45(36-18-16-15-17-29(36)26-52(7)8)47-33(14-4)31(12-2)40(51-47)24-38-28(6)35(20-22-44(54)56-10)42(49-38)25-41-34(19-21-43(53)55-9)27(5)37(48-41)23-39(30)50-46/h15-18,23-25,48-49H,11-14,19-22,26H2,1-10H3. The molecule has 2 N–H and O–H groups in total. The quantitative estimate of drug-likeness (QED) is 0.131. The second kappa shape index (κ2) is 17.2. The van der Waals surface area contributed by atoms with Crippen LogP contribution in [-0.4, -0.2) is 65.1 Å². The van der Waals surface area contributed by atoms with Gasteiger partial charge < -0.3 is 24.3 Å². The van der Waals surface area contributed by atoms with Crippen LogP contribution in [0.5, 0.6) is 0 Å². The van der Waals surface area contributed by atoms with Crippen molar-refractivity contribution in [3.8, 4) is 11.1 Å². The van der Waals surface area contributed by atoms with E-state index < -0.39 is 0 Å². The van der Waals surface area contributed by atoms with Gasteiger partial charge in [0.05, 0.1) is 37.0 Å². The zero-order valence-corrected chi connectivity index (χ0v) is 34.9. The number of hydrogen-bond acceptors (Lipinski definition) is 7. The van der Waals surface area contributed by atoms with Crippen molar-refractivity contribution < 1.29 is 19.1 Å². The fourth-order valence-electron chi connectivity index (χ4n) is 8.53. The van der Waals surface area contributed by atoms with E-state index in [1.807, 2.05) is 0 Å². The number of esters is 2. The molecular weight excluding hydrogens is 699 g/mol. The highest BCUT2D eigenvalue weighted by molar-refractivity contribution is 6.03. The van der Waals surface area contributed by atoms with Gasteiger partial charge in [-0.1, -0.05) is 52.0 Å². The molecule has 0 amide bonds. The number of aryl methyl sites for hydroxylation is 4. The van der Waals surface area contributed by atoms with Crippen LogP contribution < -0.4 is 0 Å². The number of ether oxygens (including phenoxy) is 2. The second-order valence-electron chi connectivity index (χ2n) is 15.0. The number of nitrogens with one attached hydrogen (secondary N) is 2. The highest BCUT2D eigenvalue weighted by Crippen LogP contribution is 2.46. The van der Waals surface area contributed by atoms with Crippen LogP contribution in [0.4, 0.5) is 0 Å². The van der Waals surface area contributed by atoms with Gasteiger partial charge in [0, 0.05) is 47.0 Å². The molecule has 5 heterocycles. The minimum atomic E-state index is -0.257. The van der Waals surface area contributed by atoms with Gasteiger partial charge in [-0.25, -0.2) is 9.97 Å².